The van der Waals surface area contributed by atoms with Gasteiger partial charge >= 0.3 is 0 Å². The predicted molar refractivity (Wildman–Crippen MR) is 88.8 cm³/mol. The second-order valence-electron chi connectivity index (χ2n) is 4.86. The first-order valence-corrected chi connectivity index (χ1v) is 7.04. The van der Waals surface area contributed by atoms with Crippen LogP contribution in [0.15, 0.2) is 60.7 Å². The average Bonchev–Trinajstić information content (AvgIpc) is 2.56. The number of carbonyl (C=O) groups is 1. The highest BCUT2D eigenvalue weighted by Crippen LogP contribution is 2.17. The van der Waals surface area contributed by atoms with Gasteiger partial charge in [0.1, 0.15) is 5.94 Å². The number of carbonyl (C=O) groups excluding carboxylic acids is 2. The lowest BCUT2D eigenvalue weighted by molar-refractivity contribution is -0.117. The van der Waals surface area contributed by atoms with E-state index in [1.54, 1.807) is 17.9 Å². The highest BCUT2D eigenvalue weighted by atomic mass is 16.2. The zero-order valence-electron chi connectivity index (χ0n) is 12.5. The fraction of sp³-hybridized carbons (Fsp3) is 0.167. The average molecular weight is 294 g/mol. The van der Waals surface area contributed by atoms with Gasteiger partial charge in [0.05, 0.1) is 6.42 Å². The minimum absolute atomic E-state index is 0.0378. The molecule has 0 radical (unpaired) electrons. The van der Waals surface area contributed by atoms with Crippen molar-refractivity contribution in [1.82, 2.24) is 0 Å². The number of nitrogens with one attached hydrogen (secondary N) is 1. The topological polar surface area (TPSA) is 49.4 Å². The Morgan fingerprint density at radius 1 is 1.14 bits per heavy atom. The molecule has 4 nitrogen and oxygen atoms in total. The maximum atomic E-state index is 12.3. The first-order valence-electron chi connectivity index (χ1n) is 7.04. The zero-order valence-corrected chi connectivity index (χ0v) is 12.5. The van der Waals surface area contributed by atoms with Gasteiger partial charge in [-0.1, -0.05) is 30.3 Å². The zero-order chi connectivity index (χ0) is 15.8. The molecule has 0 aliphatic heterocycles. The summed E-state index contributed by atoms with van der Waals surface area (Å²) in [6, 6.07) is 17.2. The monoisotopic (exact) mass is 294 g/mol. The van der Waals surface area contributed by atoms with Gasteiger partial charge in [-0.3, -0.25) is 4.79 Å². The van der Waals surface area contributed by atoms with Crippen LogP contribution in [0.2, 0.25) is 0 Å². The molecule has 0 aliphatic carbocycles. The molecule has 0 atom stereocenters. The second-order valence-corrected chi connectivity index (χ2v) is 4.86. The third kappa shape index (κ3) is 4.33. The van der Waals surface area contributed by atoms with Crippen molar-refractivity contribution in [3.8, 4) is 0 Å². The molecular formula is C18H18N2O2. The molecule has 2 aromatic carbocycles. The summed E-state index contributed by atoms with van der Waals surface area (Å²) in [5, 5.41) is 3.06. The van der Waals surface area contributed by atoms with Crippen LogP contribution in [-0.2, 0) is 16.0 Å². The molecule has 1 N–H and O–H groups in total. The number of hydrogen-bond acceptors (Lipinski definition) is 3. The lowest BCUT2D eigenvalue weighted by Crippen LogP contribution is -2.27. The number of rotatable bonds is 6. The van der Waals surface area contributed by atoms with Gasteiger partial charge in [-0.05, 0) is 29.8 Å². The summed E-state index contributed by atoms with van der Waals surface area (Å²) in [6.45, 7) is 0.436. The van der Waals surface area contributed by atoms with Crippen molar-refractivity contribution in [2.75, 3.05) is 23.8 Å². The Labute approximate surface area is 130 Å². The van der Waals surface area contributed by atoms with Gasteiger partial charge in [0.15, 0.2) is 0 Å². The van der Waals surface area contributed by atoms with Gasteiger partial charge in [-0.25, -0.2) is 4.79 Å². The van der Waals surface area contributed by atoms with Crippen LogP contribution in [-0.4, -0.2) is 25.4 Å². The van der Waals surface area contributed by atoms with Gasteiger partial charge in [0, 0.05) is 31.0 Å². The van der Waals surface area contributed by atoms with E-state index in [1.807, 2.05) is 54.6 Å². The van der Waals surface area contributed by atoms with E-state index in [2.05, 4.69) is 5.32 Å². The van der Waals surface area contributed by atoms with E-state index in [4.69, 9.17) is 0 Å². The molecule has 0 fully saturated rings. The summed E-state index contributed by atoms with van der Waals surface area (Å²) in [7, 11) is 1.77. The fourth-order valence-corrected chi connectivity index (χ4v) is 2.05. The smallest absolute Gasteiger partial charge is 0.231 e. The number of benzene rings is 2. The fourth-order valence-electron chi connectivity index (χ4n) is 2.05. The van der Waals surface area contributed by atoms with Crippen LogP contribution < -0.4 is 10.2 Å². The molecule has 0 aromatic heterocycles. The van der Waals surface area contributed by atoms with Crippen molar-refractivity contribution < 1.29 is 9.59 Å². The van der Waals surface area contributed by atoms with Crippen molar-refractivity contribution >= 4 is 23.2 Å². The Balaban J connectivity index is 1.98. The van der Waals surface area contributed by atoms with Crippen LogP contribution in [0, 0.1) is 0 Å². The molecule has 2 aromatic rings. The molecule has 0 spiro atoms. The molecule has 0 bridgehead atoms. The lowest BCUT2D eigenvalue weighted by Gasteiger charge is -2.18. The number of amides is 1. The van der Waals surface area contributed by atoms with Gasteiger partial charge < -0.3 is 10.2 Å². The molecule has 112 valence electrons. The Bertz CT molecular complexity index is 659. The molecule has 0 unspecified atom stereocenters. The van der Waals surface area contributed by atoms with Crippen LogP contribution in [0.3, 0.4) is 0 Å². The van der Waals surface area contributed by atoms with Crippen molar-refractivity contribution in [1.29, 1.82) is 0 Å². The highest BCUT2D eigenvalue weighted by molar-refractivity contribution is 5.94. The van der Waals surface area contributed by atoms with E-state index in [-0.39, 0.29) is 5.91 Å². The van der Waals surface area contributed by atoms with Gasteiger partial charge in [-0.15, -0.1) is 0 Å². The normalized spacial score (nSPS) is 9.68. The van der Waals surface area contributed by atoms with Crippen molar-refractivity contribution in [3.63, 3.8) is 0 Å². The SMILES string of the molecule is CN(C(=O)Cc1ccccc1)c1ccc(NCC=C=O)cc1. The Morgan fingerprint density at radius 3 is 2.45 bits per heavy atom. The molecule has 4 heteroatoms. The van der Waals surface area contributed by atoms with E-state index in [1.165, 1.54) is 6.08 Å². The van der Waals surface area contributed by atoms with Gasteiger partial charge in [-0.2, -0.15) is 0 Å². The van der Waals surface area contributed by atoms with E-state index in [0.717, 1.165) is 16.9 Å². The summed E-state index contributed by atoms with van der Waals surface area (Å²) in [5.41, 5.74) is 2.72. The second kappa shape index (κ2) is 7.81. The van der Waals surface area contributed by atoms with Crippen molar-refractivity contribution in [2.24, 2.45) is 0 Å². The van der Waals surface area contributed by atoms with Crippen molar-refractivity contribution in [2.45, 2.75) is 6.42 Å². The summed E-state index contributed by atoms with van der Waals surface area (Å²) >= 11 is 0. The minimum Gasteiger partial charge on any atom is -0.381 e. The summed E-state index contributed by atoms with van der Waals surface area (Å²) in [4.78, 5) is 24.0. The third-order valence-electron chi connectivity index (χ3n) is 3.32. The van der Waals surface area contributed by atoms with E-state index < -0.39 is 0 Å². The molecule has 0 saturated carbocycles. The molecule has 0 aliphatic rings. The third-order valence-corrected chi connectivity index (χ3v) is 3.32. The highest BCUT2D eigenvalue weighted by Gasteiger charge is 2.11. The Kier molecular flexibility index (Phi) is 5.52. The molecule has 22 heavy (non-hydrogen) atoms. The molecule has 2 rings (SSSR count). The Morgan fingerprint density at radius 2 is 1.82 bits per heavy atom. The first kappa shape index (κ1) is 15.5. The molecular weight excluding hydrogens is 276 g/mol. The van der Waals surface area contributed by atoms with Crippen LogP contribution in [0.1, 0.15) is 5.56 Å². The summed E-state index contributed by atoms with van der Waals surface area (Å²) in [6.07, 6.45) is 1.75. The summed E-state index contributed by atoms with van der Waals surface area (Å²) < 4.78 is 0. The largest absolute Gasteiger partial charge is 0.381 e. The maximum absolute atomic E-state index is 12.3. The maximum Gasteiger partial charge on any atom is 0.231 e. The molecule has 0 saturated heterocycles. The number of anilines is 2. The molecule has 1 amide bonds. The van der Waals surface area contributed by atoms with E-state index >= 15 is 0 Å². The predicted octanol–water partition coefficient (Wildman–Crippen LogP) is 2.69. The molecule has 0 heterocycles. The van der Waals surface area contributed by atoms with E-state index in [0.29, 0.717) is 13.0 Å². The quantitative estimate of drug-likeness (QED) is 0.833. The van der Waals surface area contributed by atoms with Crippen LogP contribution in [0.4, 0.5) is 11.4 Å². The standard InChI is InChI=1S/C18H18N2O2/c1-20(18(22)14-15-6-3-2-4-7-15)17-10-8-16(9-11-17)19-12-5-13-21/h2-11,19H,12,14H2,1H3. The van der Waals surface area contributed by atoms with Gasteiger partial charge in [0.2, 0.25) is 5.91 Å². The lowest BCUT2D eigenvalue weighted by atomic mass is 10.1. The number of hydrogen-bond donors (Lipinski definition) is 1. The number of likely N-dealkylation sites (N-methyl/N-ethyl adjacent to an activating group) is 1. The van der Waals surface area contributed by atoms with Crippen LogP contribution in [0.25, 0.3) is 0 Å². The summed E-state index contributed by atoms with van der Waals surface area (Å²) in [5.74, 6) is 1.75. The Hall–Kier alpha value is -2.84. The minimum atomic E-state index is 0.0378. The first-order chi connectivity index (χ1) is 10.7. The van der Waals surface area contributed by atoms with Crippen LogP contribution in [0.5, 0.6) is 0 Å². The van der Waals surface area contributed by atoms with Crippen LogP contribution >= 0.6 is 0 Å². The number of nitrogens with zero attached hydrogens (tertiary/aromatic N) is 1. The van der Waals surface area contributed by atoms with Gasteiger partial charge in [0.25, 0.3) is 0 Å². The van der Waals surface area contributed by atoms with E-state index in [9.17, 15) is 9.59 Å². The van der Waals surface area contributed by atoms with Crippen molar-refractivity contribution in [3.05, 3.63) is 66.2 Å².